The number of imidazole rings is 1. The fraction of sp³-hybridized carbons (Fsp3) is 0. The van der Waals surface area contributed by atoms with Gasteiger partial charge in [-0.25, -0.2) is 4.98 Å². The van der Waals surface area contributed by atoms with Gasteiger partial charge in [0.15, 0.2) is 0 Å². The summed E-state index contributed by atoms with van der Waals surface area (Å²) in [5, 5.41) is 7.56. The number of nitrogens with one attached hydrogen (secondary N) is 3. The van der Waals surface area contributed by atoms with E-state index in [9.17, 15) is 9.59 Å². The van der Waals surface area contributed by atoms with Gasteiger partial charge in [-0.1, -0.05) is 24.3 Å². The van der Waals surface area contributed by atoms with Gasteiger partial charge in [0.25, 0.3) is 11.8 Å². The fourth-order valence-corrected chi connectivity index (χ4v) is 3.96. The lowest BCUT2D eigenvalue weighted by Gasteiger charge is -2.08. The zero-order valence-electron chi connectivity index (χ0n) is 16.8. The Bertz CT molecular complexity index is 1370. The molecule has 0 fully saturated rings. The average molecular weight is 439 g/mol. The molecule has 32 heavy (non-hydrogen) atoms. The normalized spacial score (nSPS) is 10.8. The van der Waals surface area contributed by atoms with E-state index in [1.807, 2.05) is 60.0 Å². The first kappa shape index (κ1) is 19.7. The number of fused-ring (bicyclic) bond motifs is 1. The van der Waals surface area contributed by atoms with Crippen molar-refractivity contribution < 1.29 is 9.59 Å². The number of para-hydroxylation sites is 2. The Morgan fingerprint density at radius 1 is 0.781 bits per heavy atom. The van der Waals surface area contributed by atoms with Crippen LogP contribution in [0.1, 0.15) is 20.0 Å². The van der Waals surface area contributed by atoms with Gasteiger partial charge in [0.1, 0.15) is 5.82 Å². The van der Waals surface area contributed by atoms with Crippen molar-refractivity contribution in [3.8, 4) is 11.4 Å². The number of aromatic amines is 1. The molecule has 0 bridgehead atoms. The quantitative estimate of drug-likeness (QED) is 0.324. The van der Waals surface area contributed by atoms with Crippen molar-refractivity contribution in [2.24, 2.45) is 0 Å². The fourth-order valence-electron chi connectivity index (χ4n) is 3.34. The molecule has 3 aromatic carbocycles. The second-order valence-corrected chi connectivity index (χ2v) is 8.09. The van der Waals surface area contributed by atoms with E-state index in [1.54, 1.807) is 30.3 Å². The van der Waals surface area contributed by atoms with E-state index in [0.717, 1.165) is 22.4 Å². The molecule has 0 unspecified atom stereocenters. The number of hydrogen-bond acceptors (Lipinski definition) is 4. The summed E-state index contributed by atoms with van der Waals surface area (Å²) in [4.78, 5) is 33.5. The molecule has 5 aromatic rings. The molecule has 0 spiro atoms. The van der Waals surface area contributed by atoms with Crippen LogP contribution < -0.4 is 10.6 Å². The maximum atomic E-state index is 12.7. The van der Waals surface area contributed by atoms with Crippen LogP contribution in [0.3, 0.4) is 0 Å². The lowest BCUT2D eigenvalue weighted by Crippen LogP contribution is -2.14. The van der Waals surface area contributed by atoms with E-state index in [0.29, 0.717) is 21.8 Å². The van der Waals surface area contributed by atoms with Crippen LogP contribution in [0.25, 0.3) is 22.4 Å². The smallest absolute Gasteiger partial charge is 0.265 e. The molecule has 2 amide bonds. The highest BCUT2D eigenvalue weighted by Crippen LogP contribution is 2.22. The summed E-state index contributed by atoms with van der Waals surface area (Å²) < 4.78 is 0. The number of hydrogen-bond donors (Lipinski definition) is 3. The second-order valence-electron chi connectivity index (χ2n) is 7.15. The van der Waals surface area contributed by atoms with Crippen LogP contribution in [0, 0.1) is 0 Å². The number of benzene rings is 3. The minimum Gasteiger partial charge on any atom is -0.338 e. The number of thiophene rings is 1. The lowest BCUT2D eigenvalue weighted by molar-refractivity contribution is 0.101. The van der Waals surface area contributed by atoms with Crippen LogP contribution in [0.2, 0.25) is 0 Å². The SMILES string of the molecule is O=C(Nc1ccc(-c2nc3ccccc3[nH]2)cc1)c1cccc(NC(=O)c2cccs2)c1. The molecule has 0 aliphatic rings. The summed E-state index contributed by atoms with van der Waals surface area (Å²) >= 11 is 1.37. The molecule has 156 valence electrons. The lowest BCUT2D eigenvalue weighted by atomic mass is 10.1. The van der Waals surface area contributed by atoms with Gasteiger partial charge in [-0.3, -0.25) is 9.59 Å². The Kier molecular flexibility index (Phi) is 5.23. The summed E-state index contributed by atoms with van der Waals surface area (Å²) in [7, 11) is 0. The summed E-state index contributed by atoms with van der Waals surface area (Å²) in [6.45, 7) is 0. The Morgan fingerprint density at radius 3 is 2.38 bits per heavy atom. The molecule has 0 aliphatic heterocycles. The molecule has 0 saturated carbocycles. The first-order valence-electron chi connectivity index (χ1n) is 9.97. The van der Waals surface area contributed by atoms with E-state index in [2.05, 4.69) is 20.6 Å². The number of amides is 2. The minimum atomic E-state index is -0.256. The van der Waals surface area contributed by atoms with Crippen molar-refractivity contribution in [3.05, 3.63) is 101 Å². The molecule has 0 atom stereocenters. The summed E-state index contributed by atoms with van der Waals surface area (Å²) in [5.74, 6) is 0.325. The van der Waals surface area contributed by atoms with Crippen LogP contribution in [-0.2, 0) is 0 Å². The number of H-pyrrole nitrogens is 1. The zero-order valence-corrected chi connectivity index (χ0v) is 17.6. The van der Waals surface area contributed by atoms with Crippen molar-refractivity contribution in [1.82, 2.24) is 9.97 Å². The molecular weight excluding hydrogens is 420 g/mol. The van der Waals surface area contributed by atoms with Gasteiger partial charge in [-0.2, -0.15) is 0 Å². The van der Waals surface area contributed by atoms with Crippen LogP contribution >= 0.6 is 11.3 Å². The van der Waals surface area contributed by atoms with Crippen molar-refractivity contribution >= 4 is 45.6 Å². The Labute approximate surface area is 188 Å². The number of rotatable bonds is 5. The van der Waals surface area contributed by atoms with E-state index in [4.69, 9.17) is 0 Å². The molecule has 2 aromatic heterocycles. The van der Waals surface area contributed by atoms with Crippen LogP contribution in [0.15, 0.2) is 90.3 Å². The summed E-state index contributed by atoms with van der Waals surface area (Å²) in [5.41, 5.74) is 4.50. The molecule has 7 heteroatoms. The standard InChI is InChI=1S/C25H18N4O2S/c30-24(17-5-3-6-19(15-17)27-25(31)22-9-4-14-32-22)26-18-12-10-16(11-13-18)23-28-20-7-1-2-8-21(20)29-23/h1-15H,(H,26,30)(H,27,31)(H,28,29). The van der Waals surface area contributed by atoms with Gasteiger partial charge in [0.2, 0.25) is 0 Å². The van der Waals surface area contributed by atoms with E-state index >= 15 is 0 Å². The number of aromatic nitrogens is 2. The monoisotopic (exact) mass is 438 g/mol. The molecule has 0 aliphatic carbocycles. The van der Waals surface area contributed by atoms with Crippen LogP contribution in [-0.4, -0.2) is 21.8 Å². The molecule has 0 radical (unpaired) electrons. The van der Waals surface area contributed by atoms with E-state index in [1.165, 1.54) is 11.3 Å². The Morgan fingerprint density at radius 2 is 1.59 bits per heavy atom. The third-order valence-electron chi connectivity index (χ3n) is 4.93. The molecule has 5 rings (SSSR count). The number of anilines is 2. The van der Waals surface area contributed by atoms with E-state index < -0.39 is 0 Å². The van der Waals surface area contributed by atoms with Gasteiger partial charge < -0.3 is 15.6 Å². The van der Waals surface area contributed by atoms with Gasteiger partial charge in [-0.15, -0.1) is 11.3 Å². The number of carbonyl (C=O) groups is 2. The predicted molar refractivity (Wildman–Crippen MR) is 128 cm³/mol. The Balaban J connectivity index is 1.28. The highest BCUT2D eigenvalue weighted by atomic mass is 32.1. The largest absolute Gasteiger partial charge is 0.338 e. The van der Waals surface area contributed by atoms with Gasteiger partial charge in [0.05, 0.1) is 15.9 Å². The predicted octanol–water partition coefficient (Wildman–Crippen LogP) is 5.80. The summed E-state index contributed by atoms with van der Waals surface area (Å²) in [6, 6.07) is 25.8. The second kappa shape index (κ2) is 8.49. The zero-order chi connectivity index (χ0) is 21.9. The highest BCUT2D eigenvalue weighted by molar-refractivity contribution is 7.12. The van der Waals surface area contributed by atoms with Gasteiger partial charge >= 0.3 is 0 Å². The molecule has 3 N–H and O–H groups in total. The molecular formula is C25H18N4O2S. The number of nitrogens with zero attached hydrogens (tertiary/aromatic N) is 1. The van der Waals surface area contributed by atoms with Crippen molar-refractivity contribution in [3.63, 3.8) is 0 Å². The van der Waals surface area contributed by atoms with Crippen LogP contribution in [0.5, 0.6) is 0 Å². The minimum absolute atomic E-state index is 0.196. The van der Waals surface area contributed by atoms with Gasteiger partial charge in [0, 0.05) is 22.5 Å². The van der Waals surface area contributed by atoms with Crippen molar-refractivity contribution in [2.75, 3.05) is 10.6 Å². The number of carbonyl (C=O) groups excluding carboxylic acids is 2. The van der Waals surface area contributed by atoms with Crippen molar-refractivity contribution in [2.45, 2.75) is 0 Å². The average Bonchev–Trinajstić information content (AvgIpc) is 3.50. The summed E-state index contributed by atoms with van der Waals surface area (Å²) in [6.07, 6.45) is 0. The molecule has 2 heterocycles. The maximum Gasteiger partial charge on any atom is 0.265 e. The Hall–Kier alpha value is -4.23. The van der Waals surface area contributed by atoms with E-state index in [-0.39, 0.29) is 11.8 Å². The molecule has 6 nitrogen and oxygen atoms in total. The third-order valence-corrected chi connectivity index (χ3v) is 5.80. The maximum absolute atomic E-state index is 12.7. The first-order valence-corrected chi connectivity index (χ1v) is 10.9. The third kappa shape index (κ3) is 4.14. The van der Waals surface area contributed by atoms with Crippen molar-refractivity contribution in [1.29, 1.82) is 0 Å². The topological polar surface area (TPSA) is 86.9 Å². The highest BCUT2D eigenvalue weighted by Gasteiger charge is 2.11. The van der Waals surface area contributed by atoms with Crippen LogP contribution in [0.4, 0.5) is 11.4 Å². The van der Waals surface area contributed by atoms with Gasteiger partial charge in [-0.05, 0) is 66.0 Å². The first-order chi connectivity index (χ1) is 15.7. The molecule has 0 saturated heterocycles.